The van der Waals surface area contributed by atoms with Gasteiger partial charge in [-0.1, -0.05) is 6.07 Å². The van der Waals surface area contributed by atoms with Crippen LogP contribution in [0.25, 0.3) is 11.1 Å². The van der Waals surface area contributed by atoms with E-state index in [-0.39, 0.29) is 17.2 Å². The number of alkyl halides is 9. The lowest BCUT2D eigenvalue weighted by atomic mass is 9.80. The average molecular weight is 444 g/mol. The van der Waals surface area contributed by atoms with Gasteiger partial charge in [0.25, 0.3) is 5.69 Å². The van der Waals surface area contributed by atoms with Crippen molar-refractivity contribution in [3.8, 4) is 11.1 Å². The number of hydrogen-bond acceptors (Lipinski definition) is 2. The van der Waals surface area contributed by atoms with Gasteiger partial charge in [0.2, 0.25) is 0 Å². The molecule has 2 aromatic rings. The van der Waals surface area contributed by atoms with Gasteiger partial charge >= 0.3 is 23.9 Å². The molecule has 0 heterocycles. The predicted molar refractivity (Wildman–Crippen MR) is 86.7 cm³/mol. The molecule has 0 aliphatic heterocycles. The highest BCUT2D eigenvalue weighted by Gasteiger charge is 2.82. The van der Waals surface area contributed by atoms with E-state index in [0.29, 0.717) is 0 Å². The Balaban J connectivity index is 2.95. The van der Waals surface area contributed by atoms with Crippen LogP contribution >= 0.6 is 0 Å². The van der Waals surface area contributed by atoms with Gasteiger partial charge < -0.3 is 0 Å². The Hall–Kier alpha value is -2.79. The summed E-state index contributed by atoms with van der Waals surface area (Å²) in [5, 5.41) is 10.7. The van der Waals surface area contributed by atoms with E-state index in [1.54, 1.807) is 0 Å². The molecule has 0 aliphatic carbocycles. The number of nitrogens with zero attached hydrogens (tertiary/aromatic N) is 1. The SMILES string of the molecule is Cc1[c]c(C)c(-c2ccc([N+](=O)[O-])cc2)c(C(F)(C(F)(F)F)C(F)(F)C(F)(F)F)c1. The van der Waals surface area contributed by atoms with Crippen LogP contribution in [0.15, 0.2) is 30.3 Å². The monoisotopic (exact) mass is 444 g/mol. The molecule has 0 aromatic heterocycles. The minimum atomic E-state index is -6.87. The summed E-state index contributed by atoms with van der Waals surface area (Å²) in [6.45, 7) is 2.08. The van der Waals surface area contributed by atoms with Gasteiger partial charge in [-0.15, -0.1) is 0 Å². The van der Waals surface area contributed by atoms with Gasteiger partial charge in [-0.05, 0) is 54.3 Å². The quantitative estimate of drug-likeness (QED) is 0.303. The van der Waals surface area contributed by atoms with Gasteiger partial charge in [0.05, 0.1) is 4.92 Å². The summed E-state index contributed by atoms with van der Waals surface area (Å²) in [4.78, 5) is 9.86. The van der Waals surface area contributed by atoms with Crippen molar-refractivity contribution < 1.29 is 44.4 Å². The average Bonchev–Trinajstić information content (AvgIpc) is 2.58. The van der Waals surface area contributed by atoms with Crippen LogP contribution in [-0.2, 0) is 5.67 Å². The molecule has 1 atom stereocenters. The van der Waals surface area contributed by atoms with Gasteiger partial charge in [0, 0.05) is 17.7 Å². The van der Waals surface area contributed by atoms with Crippen molar-refractivity contribution in [2.24, 2.45) is 0 Å². The third-order valence-electron chi connectivity index (χ3n) is 4.31. The molecule has 0 saturated heterocycles. The fourth-order valence-corrected chi connectivity index (χ4v) is 2.97. The molecule has 1 unspecified atom stereocenters. The van der Waals surface area contributed by atoms with E-state index in [1.165, 1.54) is 0 Å². The highest BCUT2D eigenvalue weighted by atomic mass is 19.4. The molecule has 0 bridgehead atoms. The van der Waals surface area contributed by atoms with Gasteiger partial charge in [-0.3, -0.25) is 10.1 Å². The molecule has 0 amide bonds. The zero-order valence-electron chi connectivity index (χ0n) is 15.1. The normalized spacial score (nSPS) is 15.0. The van der Waals surface area contributed by atoms with E-state index in [4.69, 9.17) is 0 Å². The molecular formula is C18H11F9NO2. The summed E-state index contributed by atoms with van der Waals surface area (Å²) in [7, 11) is 0. The summed E-state index contributed by atoms with van der Waals surface area (Å²) in [6, 6.07) is 5.84. The largest absolute Gasteiger partial charge is 0.457 e. The van der Waals surface area contributed by atoms with Crippen molar-refractivity contribution in [3.05, 3.63) is 63.2 Å². The summed E-state index contributed by atoms with van der Waals surface area (Å²) in [5.41, 5.74) is -10.7. The number of rotatable bonds is 4. The van der Waals surface area contributed by atoms with Crippen LogP contribution in [-0.4, -0.2) is 23.2 Å². The first kappa shape index (κ1) is 23.5. The molecule has 163 valence electrons. The lowest BCUT2D eigenvalue weighted by molar-refractivity contribution is -0.389. The Bertz CT molecular complexity index is 965. The molecule has 0 aliphatic rings. The van der Waals surface area contributed by atoms with Gasteiger partial charge in [0.1, 0.15) is 0 Å². The fraction of sp³-hybridized carbons (Fsp3) is 0.333. The zero-order chi connectivity index (χ0) is 23.3. The third-order valence-corrected chi connectivity index (χ3v) is 4.31. The molecule has 0 fully saturated rings. The van der Waals surface area contributed by atoms with Crippen molar-refractivity contribution in [2.75, 3.05) is 0 Å². The maximum Gasteiger partial charge on any atom is 0.457 e. The molecule has 1 radical (unpaired) electrons. The first-order valence-electron chi connectivity index (χ1n) is 7.94. The van der Waals surface area contributed by atoms with Gasteiger partial charge in [-0.2, -0.15) is 35.1 Å². The van der Waals surface area contributed by atoms with Crippen molar-refractivity contribution >= 4 is 5.69 Å². The second-order valence-electron chi connectivity index (χ2n) is 6.40. The summed E-state index contributed by atoms with van der Waals surface area (Å²) in [5.74, 6) is -6.84. The Morgan fingerprint density at radius 1 is 0.867 bits per heavy atom. The maximum atomic E-state index is 15.1. The highest BCUT2D eigenvalue weighted by molar-refractivity contribution is 5.74. The van der Waals surface area contributed by atoms with E-state index in [9.17, 15) is 45.2 Å². The molecule has 2 aromatic carbocycles. The Morgan fingerprint density at radius 2 is 1.37 bits per heavy atom. The number of benzene rings is 2. The first-order chi connectivity index (χ1) is 13.4. The number of hydrogen-bond donors (Lipinski definition) is 0. The van der Waals surface area contributed by atoms with Crippen molar-refractivity contribution in [2.45, 2.75) is 37.8 Å². The van der Waals surface area contributed by atoms with Crippen LogP contribution in [0, 0.1) is 30.0 Å². The van der Waals surface area contributed by atoms with Crippen LogP contribution < -0.4 is 0 Å². The Morgan fingerprint density at radius 3 is 1.77 bits per heavy atom. The molecule has 0 saturated carbocycles. The zero-order valence-corrected chi connectivity index (χ0v) is 15.1. The lowest BCUT2D eigenvalue weighted by Gasteiger charge is -2.37. The molecule has 3 nitrogen and oxygen atoms in total. The molecule has 30 heavy (non-hydrogen) atoms. The van der Waals surface area contributed by atoms with Crippen LogP contribution in [0.1, 0.15) is 16.7 Å². The van der Waals surface area contributed by atoms with E-state index >= 15 is 4.39 Å². The Kier molecular flexibility index (Phi) is 5.61. The van der Waals surface area contributed by atoms with Crippen LogP contribution in [0.5, 0.6) is 0 Å². The first-order valence-corrected chi connectivity index (χ1v) is 7.94. The topological polar surface area (TPSA) is 43.1 Å². The number of halogens is 9. The van der Waals surface area contributed by atoms with Crippen molar-refractivity contribution in [1.29, 1.82) is 0 Å². The fourth-order valence-electron chi connectivity index (χ4n) is 2.97. The Labute approximate surface area is 163 Å². The smallest absolute Gasteiger partial charge is 0.258 e. The molecule has 12 heteroatoms. The van der Waals surface area contributed by atoms with E-state index < -0.39 is 51.2 Å². The summed E-state index contributed by atoms with van der Waals surface area (Å²) >= 11 is 0. The van der Waals surface area contributed by atoms with E-state index in [2.05, 4.69) is 6.07 Å². The second-order valence-corrected chi connectivity index (χ2v) is 6.40. The third kappa shape index (κ3) is 3.58. The van der Waals surface area contributed by atoms with E-state index in [1.807, 2.05) is 0 Å². The van der Waals surface area contributed by atoms with Crippen LogP contribution in [0.4, 0.5) is 45.2 Å². The number of non-ortho nitro benzene ring substituents is 1. The minimum Gasteiger partial charge on any atom is -0.258 e. The lowest BCUT2D eigenvalue weighted by Crippen LogP contribution is -2.60. The second kappa shape index (κ2) is 7.17. The molecule has 0 N–H and O–H groups in total. The standard InChI is InChI=1S/C18H11F9NO2/c1-9-7-10(2)14(11-3-5-12(6-4-11)28(29)30)13(8-9)15(19,17(22,23)24)16(20,21)18(25,26)27/h3-6,8H,1-2H3. The maximum absolute atomic E-state index is 15.1. The molecule has 2 rings (SSSR count). The number of aryl methyl sites for hydroxylation is 2. The van der Waals surface area contributed by atoms with Crippen molar-refractivity contribution in [3.63, 3.8) is 0 Å². The summed E-state index contributed by atoms with van der Waals surface area (Å²) in [6.07, 6.45) is -13.5. The van der Waals surface area contributed by atoms with Gasteiger partial charge in [0.15, 0.2) is 0 Å². The molecule has 0 spiro atoms. The number of nitro benzene ring substituents is 1. The predicted octanol–water partition coefficient (Wildman–Crippen LogP) is 6.60. The minimum absolute atomic E-state index is 0.205. The molecular weight excluding hydrogens is 433 g/mol. The van der Waals surface area contributed by atoms with Crippen LogP contribution in [0.2, 0.25) is 0 Å². The van der Waals surface area contributed by atoms with Crippen molar-refractivity contribution in [1.82, 2.24) is 0 Å². The van der Waals surface area contributed by atoms with Crippen LogP contribution in [0.3, 0.4) is 0 Å². The highest BCUT2D eigenvalue weighted by Crippen LogP contribution is 2.60. The summed E-state index contributed by atoms with van der Waals surface area (Å²) < 4.78 is 122. The van der Waals surface area contributed by atoms with Gasteiger partial charge in [-0.25, -0.2) is 4.39 Å². The number of nitro groups is 1. The van der Waals surface area contributed by atoms with E-state index in [0.717, 1.165) is 38.1 Å².